The summed E-state index contributed by atoms with van der Waals surface area (Å²) in [6, 6.07) is -1.34. The van der Waals surface area contributed by atoms with Gasteiger partial charge in [0.1, 0.15) is 18.4 Å². The van der Waals surface area contributed by atoms with Crippen molar-refractivity contribution in [1.82, 2.24) is 35.2 Å². The van der Waals surface area contributed by atoms with Crippen LogP contribution in [0.2, 0.25) is 0 Å². The molecule has 2 aromatic rings. The summed E-state index contributed by atoms with van der Waals surface area (Å²) in [6.07, 6.45) is 8.99. The van der Waals surface area contributed by atoms with Crippen LogP contribution in [0.5, 0.6) is 0 Å². The highest BCUT2D eigenvalue weighted by atomic mass is 16.3. The van der Waals surface area contributed by atoms with Crippen LogP contribution < -0.4 is 5.32 Å². The first-order chi connectivity index (χ1) is 15.2. The number of rotatable bonds is 7. The highest BCUT2D eigenvalue weighted by Gasteiger charge is 2.45. The summed E-state index contributed by atoms with van der Waals surface area (Å²) in [7, 11) is 0. The maximum absolute atomic E-state index is 13.7. The highest BCUT2D eigenvalue weighted by molar-refractivity contribution is 5.90. The Balaban J connectivity index is 1.47. The minimum Gasteiger partial charge on any atom is -0.391 e. The number of hydrogen-bond acceptors (Lipinski definition) is 7. The molecule has 2 amide bonds. The first kappa shape index (κ1) is 22.3. The number of aromatic nitrogens is 5. The lowest BCUT2D eigenvalue weighted by Crippen LogP contribution is -2.50. The van der Waals surface area contributed by atoms with E-state index in [1.807, 2.05) is 27.0 Å². The molecule has 10 nitrogen and oxygen atoms in total. The van der Waals surface area contributed by atoms with Crippen molar-refractivity contribution in [2.24, 2.45) is 5.41 Å². The number of likely N-dealkylation sites (tertiary alicyclic amines) is 1. The molecule has 4 rings (SSSR count). The molecule has 10 heteroatoms. The zero-order valence-corrected chi connectivity index (χ0v) is 18.8. The van der Waals surface area contributed by atoms with Gasteiger partial charge in [0.2, 0.25) is 11.8 Å². The van der Waals surface area contributed by atoms with E-state index in [4.69, 9.17) is 0 Å². The van der Waals surface area contributed by atoms with Gasteiger partial charge in [-0.3, -0.25) is 9.59 Å². The van der Waals surface area contributed by atoms with Gasteiger partial charge in [-0.25, -0.2) is 14.6 Å². The van der Waals surface area contributed by atoms with Crippen molar-refractivity contribution in [2.75, 3.05) is 13.1 Å². The average Bonchev–Trinajstić information content (AvgIpc) is 3.35. The Labute approximate surface area is 187 Å². The number of hydrogen-bond donors (Lipinski definition) is 2. The van der Waals surface area contributed by atoms with Gasteiger partial charge in [-0.2, -0.15) is 0 Å². The molecule has 3 heterocycles. The minimum absolute atomic E-state index is 0.125. The fourth-order valence-corrected chi connectivity index (χ4v) is 4.23. The molecule has 32 heavy (non-hydrogen) atoms. The standard InChI is InChI=1S/C22H31N7O3/c1-22(2,3)19(29-12-17(26-27-29)15-4-5-15)21(32)28-11-16(30)8-18(28)20(31)25-7-6-14-9-23-13-24-10-14/h9-10,12-13,15-16,18-19,30H,4-8,11H2,1-3H3,(H,25,31)/t16?,18?,19-/m1/s1. The van der Waals surface area contributed by atoms with Crippen molar-refractivity contribution in [3.05, 3.63) is 36.2 Å². The van der Waals surface area contributed by atoms with Gasteiger partial charge in [-0.15, -0.1) is 5.10 Å². The Morgan fingerprint density at radius 3 is 2.62 bits per heavy atom. The third-order valence-corrected chi connectivity index (χ3v) is 6.03. The Kier molecular flexibility index (Phi) is 6.23. The number of nitrogens with zero attached hydrogens (tertiary/aromatic N) is 6. The van der Waals surface area contributed by atoms with Gasteiger partial charge < -0.3 is 15.3 Å². The number of carbonyl (C=O) groups excluding carboxylic acids is 2. The maximum Gasteiger partial charge on any atom is 0.248 e. The third-order valence-electron chi connectivity index (χ3n) is 6.03. The molecule has 2 unspecified atom stereocenters. The van der Waals surface area contributed by atoms with E-state index in [9.17, 15) is 14.7 Å². The van der Waals surface area contributed by atoms with Gasteiger partial charge in [0.15, 0.2) is 0 Å². The molecule has 2 aliphatic rings. The summed E-state index contributed by atoms with van der Waals surface area (Å²) < 4.78 is 1.63. The van der Waals surface area contributed by atoms with Crippen LogP contribution in [-0.2, 0) is 16.0 Å². The zero-order valence-electron chi connectivity index (χ0n) is 18.8. The summed E-state index contributed by atoms with van der Waals surface area (Å²) in [5.41, 5.74) is 1.37. The summed E-state index contributed by atoms with van der Waals surface area (Å²) in [5, 5.41) is 21.7. The lowest BCUT2D eigenvalue weighted by atomic mass is 9.85. The van der Waals surface area contributed by atoms with E-state index in [2.05, 4.69) is 25.6 Å². The fourth-order valence-electron chi connectivity index (χ4n) is 4.23. The monoisotopic (exact) mass is 441 g/mol. The number of amides is 2. The summed E-state index contributed by atoms with van der Waals surface area (Å²) in [6.45, 7) is 6.43. The average molecular weight is 442 g/mol. The Bertz CT molecular complexity index is 952. The van der Waals surface area contributed by atoms with Crippen LogP contribution in [0.3, 0.4) is 0 Å². The molecule has 1 saturated heterocycles. The topological polar surface area (TPSA) is 126 Å². The smallest absolute Gasteiger partial charge is 0.248 e. The molecule has 0 spiro atoms. The molecule has 2 aromatic heterocycles. The SMILES string of the molecule is CC(C)(C)[C@@H](C(=O)N1CC(O)CC1C(=O)NCCc1cncnc1)n1cc(C2CC2)nn1. The Morgan fingerprint density at radius 1 is 1.25 bits per heavy atom. The third kappa shape index (κ3) is 4.95. The number of aliphatic hydroxyl groups is 1. The number of aliphatic hydroxyl groups excluding tert-OH is 1. The predicted molar refractivity (Wildman–Crippen MR) is 115 cm³/mol. The second-order valence-electron chi connectivity index (χ2n) is 9.85. The molecule has 0 bridgehead atoms. The van der Waals surface area contributed by atoms with E-state index in [0.29, 0.717) is 18.9 Å². The summed E-state index contributed by atoms with van der Waals surface area (Å²) in [4.78, 5) is 36.0. The van der Waals surface area contributed by atoms with Gasteiger partial charge in [0, 0.05) is 44.0 Å². The number of nitrogens with one attached hydrogen (secondary N) is 1. The van der Waals surface area contributed by atoms with Crippen molar-refractivity contribution in [1.29, 1.82) is 0 Å². The lowest BCUT2D eigenvalue weighted by molar-refractivity contribution is -0.144. The molecule has 2 N–H and O–H groups in total. The fraction of sp³-hybridized carbons (Fsp3) is 0.636. The van der Waals surface area contributed by atoms with E-state index in [0.717, 1.165) is 24.1 Å². The van der Waals surface area contributed by atoms with Crippen molar-refractivity contribution in [2.45, 2.75) is 70.6 Å². The largest absolute Gasteiger partial charge is 0.391 e. The van der Waals surface area contributed by atoms with Crippen LogP contribution in [0.15, 0.2) is 24.9 Å². The van der Waals surface area contributed by atoms with E-state index in [1.165, 1.54) is 11.2 Å². The van der Waals surface area contributed by atoms with E-state index in [-0.39, 0.29) is 24.8 Å². The van der Waals surface area contributed by atoms with Crippen LogP contribution in [0.25, 0.3) is 0 Å². The van der Waals surface area contributed by atoms with Crippen molar-refractivity contribution in [3.63, 3.8) is 0 Å². The zero-order chi connectivity index (χ0) is 22.9. The minimum atomic E-state index is -0.740. The molecule has 1 aliphatic heterocycles. The first-order valence-electron chi connectivity index (χ1n) is 11.2. The maximum atomic E-state index is 13.7. The molecular weight excluding hydrogens is 410 g/mol. The normalized spacial score (nSPS) is 22.1. The Hall–Kier alpha value is -2.88. The summed E-state index contributed by atoms with van der Waals surface area (Å²) in [5.74, 6) is -0.0591. The van der Waals surface area contributed by atoms with Gasteiger partial charge in [-0.1, -0.05) is 26.0 Å². The predicted octanol–water partition coefficient (Wildman–Crippen LogP) is 0.853. The number of carbonyl (C=O) groups is 2. The van der Waals surface area contributed by atoms with Crippen molar-refractivity contribution < 1.29 is 14.7 Å². The summed E-state index contributed by atoms with van der Waals surface area (Å²) >= 11 is 0. The molecular formula is C22H31N7O3. The van der Waals surface area contributed by atoms with Crippen LogP contribution in [0.4, 0.5) is 0 Å². The van der Waals surface area contributed by atoms with Gasteiger partial charge in [-0.05, 0) is 30.2 Å². The van der Waals surface area contributed by atoms with Crippen LogP contribution in [0.1, 0.15) is 63.3 Å². The van der Waals surface area contributed by atoms with Gasteiger partial charge >= 0.3 is 0 Å². The first-order valence-corrected chi connectivity index (χ1v) is 11.2. The van der Waals surface area contributed by atoms with E-state index in [1.54, 1.807) is 17.1 Å². The quantitative estimate of drug-likeness (QED) is 0.652. The van der Waals surface area contributed by atoms with Crippen molar-refractivity contribution in [3.8, 4) is 0 Å². The van der Waals surface area contributed by atoms with Gasteiger partial charge in [0.25, 0.3) is 0 Å². The van der Waals surface area contributed by atoms with Crippen LogP contribution >= 0.6 is 0 Å². The molecule has 0 aromatic carbocycles. The molecule has 1 aliphatic carbocycles. The lowest BCUT2D eigenvalue weighted by Gasteiger charge is -2.34. The van der Waals surface area contributed by atoms with Crippen molar-refractivity contribution >= 4 is 11.8 Å². The molecule has 3 atom stereocenters. The van der Waals surface area contributed by atoms with Crippen LogP contribution in [-0.4, -0.2) is 72.0 Å². The Morgan fingerprint density at radius 2 is 1.97 bits per heavy atom. The second-order valence-corrected chi connectivity index (χ2v) is 9.85. The molecule has 0 radical (unpaired) electrons. The number of β-amino-alcohol motifs (C(OH)–C–C–N with tert-alkyl or cyclic N) is 1. The molecule has 2 fully saturated rings. The second kappa shape index (κ2) is 8.93. The van der Waals surface area contributed by atoms with Gasteiger partial charge in [0.05, 0.1) is 11.8 Å². The molecule has 1 saturated carbocycles. The highest BCUT2D eigenvalue weighted by Crippen LogP contribution is 2.40. The molecule has 172 valence electrons. The van der Waals surface area contributed by atoms with Crippen LogP contribution in [0, 0.1) is 5.41 Å². The van der Waals surface area contributed by atoms with E-state index < -0.39 is 23.6 Å². The van der Waals surface area contributed by atoms with E-state index >= 15 is 0 Å².